The van der Waals surface area contributed by atoms with Crippen LogP contribution in [0.3, 0.4) is 0 Å². The molecule has 1 aliphatic carbocycles. The third-order valence-electron chi connectivity index (χ3n) is 5.08. The zero-order valence-electron chi connectivity index (χ0n) is 16.0. The normalized spacial score (nSPS) is 19.7. The van der Waals surface area contributed by atoms with E-state index in [-0.39, 0.29) is 17.3 Å². The Hall–Kier alpha value is -2.41. The predicted octanol–water partition coefficient (Wildman–Crippen LogP) is 2.02. The number of esters is 1. The average Bonchev–Trinajstić information content (AvgIpc) is 3.09. The number of aromatic nitrogens is 1. The lowest BCUT2D eigenvalue weighted by molar-refractivity contribution is -0.116. The zero-order valence-corrected chi connectivity index (χ0v) is 16.0. The van der Waals surface area contributed by atoms with Gasteiger partial charge in [0.15, 0.2) is 0 Å². The summed E-state index contributed by atoms with van der Waals surface area (Å²) in [7, 11) is 3.86. The van der Waals surface area contributed by atoms with Gasteiger partial charge in [0.1, 0.15) is 6.61 Å². The van der Waals surface area contributed by atoms with E-state index in [0.29, 0.717) is 24.3 Å². The van der Waals surface area contributed by atoms with E-state index in [0.717, 1.165) is 35.5 Å². The Labute approximate surface area is 153 Å². The van der Waals surface area contributed by atoms with E-state index in [9.17, 15) is 9.59 Å². The summed E-state index contributed by atoms with van der Waals surface area (Å²) in [5, 5.41) is 4.22. The minimum atomic E-state index is -0.346. The molecule has 0 atom stereocenters. The summed E-state index contributed by atoms with van der Waals surface area (Å²) in [5.41, 5.74) is 6.71. The van der Waals surface area contributed by atoms with E-state index < -0.39 is 0 Å². The molecule has 0 radical (unpaired) electrons. The van der Waals surface area contributed by atoms with Gasteiger partial charge in [0.25, 0.3) is 5.91 Å². The summed E-state index contributed by atoms with van der Waals surface area (Å²) >= 11 is 0. The van der Waals surface area contributed by atoms with Crippen molar-refractivity contribution in [2.75, 3.05) is 27.2 Å². The Morgan fingerprint density at radius 1 is 1.35 bits per heavy atom. The van der Waals surface area contributed by atoms with Crippen molar-refractivity contribution in [3.63, 3.8) is 0 Å². The molecule has 1 saturated carbocycles. The van der Waals surface area contributed by atoms with E-state index >= 15 is 0 Å². The summed E-state index contributed by atoms with van der Waals surface area (Å²) in [4.78, 5) is 29.8. The number of aromatic amines is 1. The van der Waals surface area contributed by atoms with Crippen LogP contribution in [0.2, 0.25) is 0 Å². The van der Waals surface area contributed by atoms with Gasteiger partial charge in [0, 0.05) is 23.3 Å². The van der Waals surface area contributed by atoms with Gasteiger partial charge in [-0.1, -0.05) is 6.92 Å². The molecular weight excluding hydrogens is 332 g/mol. The highest BCUT2D eigenvalue weighted by molar-refractivity contribution is 6.29. The van der Waals surface area contributed by atoms with Crippen LogP contribution >= 0.6 is 0 Å². The fourth-order valence-corrected chi connectivity index (χ4v) is 3.12. The van der Waals surface area contributed by atoms with Crippen molar-refractivity contribution in [2.45, 2.75) is 33.6 Å². The number of H-pyrrole nitrogens is 1. The molecule has 2 aliphatic rings. The summed E-state index contributed by atoms with van der Waals surface area (Å²) in [6.07, 6.45) is 3.86. The molecule has 1 aliphatic heterocycles. The highest BCUT2D eigenvalue weighted by Crippen LogP contribution is 2.49. The van der Waals surface area contributed by atoms with Crippen LogP contribution in [-0.4, -0.2) is 54.7 Å². The van der Waals surface area contributed by atoms with E-state index in [1.165, 1.54) is 0 Å². The molecular formula is C19H26N4O3. The highest BCUT2D eigenvalue weighted by Gasteiger charge is 2.47. The van der Waals surface area contributed by atoms with Crippen LogP contribution < -0.4 is 5.43 Å². The van der Waals surface area contributed by atoms with Gasteiger partial charge in [-0.2, -0.15) is 5.10 Å². The standard InChI is InChI=1S/C19H26N4O3/c1-11-14(10-13-16(19(3)6-7-19)21-22-17(13)24)20-12(2)15(11)18(25)26-9-8-23(4)5/h10,20H,6-9H2,1-5H3,(H,22,24). The van der Waals surface area contributed by atoms with Crippen molar-refractivity contribution in [1.82, 2.24) is 15.3 Å². The molecule has 0 spiro atoms. The first-order valence-electron chi connectivity index (χ1n) is 8.84. The molecule has 0 saturated heterocycles. The Balaban J connectivity index is 1.85. The number of hydrogen-bond donors (Lipinski definition) is 2. The lowest BCUT2D eigenvalue weighted by Crippen LogP contribution is -2.20. The van der Waals surface area contributed by atoms with Crippen molar-refractivity contribution >= 4 is 23.7 Å². The quantitative estimate of drug-likeness (QED) is 0.602. The Morgan fingerprint density at radius 2 is 2.04 bits per heavy atom. The summed E-state index contributed by atoms with van der Waals surface area (Å²) in [6, 6.07) is 0. The first-order valence-corrected chi connectivity index (χ1v) is 8.84. The Morgan fingerprint density at radius 3 is 2.65 bits per heavy atom. The van der Waals surface area contributed by atoms with E-state index in [1.54, 1.807) is 6.08 Å². The fraction of sp³-hybridized carbons (Fsp3) is 0.526. The number of hydrogen-bond acceptors (Lipinski definition) is 5. The number of nitrogens with one attached hydrogen (secondary N) is 2. The number of carbonyl (C=O) groups is 2. The third kappa shape index (κ3) is 3.44. The second-order valence-corrected chi connectivity index (χ2v) is 7.62. The van der Waals surface area contributed by atoms with Crippen LogP contribution in [0.15, 0.2) is 10.7 Å². The number of aryl methyl sites for hydroxylation is 1. The number of hydrazone groups is 1. The van der Waals surface area contributed by atoms with Crippen molar-refractivity contribution in [3.8, 4) is 0 Å². The predicted molar refractivity (Wildman–Crippen MR) is 100.0 cm³/mol. The SMILES string of the molecule is Cc1[nH]c(C=C2C(=O)NN=C2C2(C)CC2)c(C)c1C(=O)OCCN(C)C. The first-order chi connectivity index (χ1) is 12.2. The minimum absolute atomic E-state index is 0.0194. The van der Waals surface area contributed by atoms with Gasteiger partial charge >= 0.3 is 5.97 Å². The van der Waals surface area contributed by atoms with Crippen LogP contribution in [0, 0.1) is 19.3 Å². The highest BCUT2D eigenvalue weighted by atomic mass is 16.5. The summed E-state index contributed by atoms with van der Waals surface area (Å²) < 4.78 is 5.37. The molecule has 140 valence electrons. The molecule has 1 fully saturated rings. The number of ether oxygens (including phenoxy) is 1. The second-order valence-electron chi connectivity index (χ2n) is 7.62. The van der Waals surface area contributed by atoms with Crippen LogP contribution in [0.1, 0.15) is 47.1 Å². The Bertz CT molecular complexity index is 813. The molecule has 0 bridgehead atoms. The maximum absolute atomic E-state index is 12.4. The molecule has 2 N–H and O–H groups in total. The lowest BCUT2D eigenvalue weighted by atomic mass is 9.95. The number of amides is 1. The van der Waals surface area contributed by atoms with Gasteiger partial charge in [-0.15, -0.1) is 0 Å². The number of nitrogens with zero attached hydrogens (tertiary/aromatic N) is 2. The van der Waals surface area contributed by atoms with Crippen LogP contribution in [0.4, 0.5) is 0 Å². The molecule has 3 rings (SSSR count). The molecule has 0 aromatic carbocycles. The first kappa shape index (κ1) is 18.4. The molecule has 7 heteroatoms. The molecule has 1 aromatic rings. The minimum Gasteiger partial charge on any atom is -0.461 e. The van der Waals surface area contributed by atoms with E-state index in [1.807, 2.05) is 32.8 Å². The van der Waals surface area contributed by atoms with E-state index in [2.05, 4.69) is 22.4 Å². The largest absolute Gasteiger partial charge is 0.461 e. The molecule has 1 aromatic heterocycles. The fourth-order valence-electron chi connectivity index (χ4n) is 3.12. The summed E-state index contributed by atoms with van der Waals surface area (Å²) in [5.74, 6) is -0.545. The second kappa shape index (κ2) is 6.72. The number of rotatable bonds is 6. The van der Waals surface area contributed by atoms with Gasteiger partial charge < -0.3 is 14.6 Å². The van der Waals surface area contributed by atoms with Gasteiger partial charge in [-0.3, -0.25) is 4.79 Å². The van der Waals surface area contributed by atoms with Gasteiger partial charge in [-0.25, -0.2) is 10.2 Å². The average molecular weight is 358 g/mol. The van der Waals surface area contributed by atoms with Crippen molar-refractivity contribution in [2.24, 2.45) is 10.5 Å². The molecule has 0 unspecified atom stereocenters. The van der Waals surface area contributed by atoms with Crippen molar-refractivity contribution in [1.29, 1.82) is 0 Å². The third-order valence-corrected chi connectivity index (χ3v) is 5.08. The van der Waals surface area contributed by atoms with Crippen molar-refractivity contribution < 1.29 is 14.3 Å². The molecule has 2 heterocycles. The van der Waals surface area contributed by atoms with Crippen molar-refractivity contribution in [3.05, 3.63) is 28.1 Å². The van der Waals surface area contributed by atoms with Gasteiger partial charge in [-0.05, 0) is 52.4 Å². The molecule has 26 heavy (non-hydrogen) atoms. The molecule has 1 amide bonds. The monoisotopic (exact) mass is 358 g/mol. The lowest BCUT2D eigenvalue weighted by Gasteiger charge is -2.10. The van der Waals surface area contributed by atoms with Gasteiger partial charge in [0.2, 0.25) is 0 Å². The summed E-state index contributed by atoms with van der Waals surface area (Å²) in [6.45, 7) is 6.82. The topological polar surface area (TPSA) is 86.8 Å². The molecule has 7 nitrogen and oxygen atoms in total. The Kier molecular flexibility index (Phi) is 4.75. The van der Waals surface area contributed by atoms with E-state index in [4.69, 9.17) is 4.74 Å². The van der Waals surface area contributed by atoms with Gasteiger partial charge in [0.05, 0.1) is 16.8 Å². The maximum Gasteiger partial charge on any atom is 0.340 e. The van der Waals surface area contributed by atoms with Crippen LogP contribution in [0.25, 0.3) is 6.08 Å². The maximum atomic E-state index is 12.4. The number of carbonyl (C=O) groups excluding carboxylic acids is 2. The van der Waals surface area contributed by atoms with Crippen LogP contribution in [-0.2, 0) is 9.53 Å². The number of likely N-dealkylation sites (N-methyl/N-ethyl adjacent to an activating group) is 1. The van der Waals surface area contributed by atoms with Crippen LogP contribution in [0.5, 0.6) is 0 Å². The zero-order chi connectivity index (χ0) is 19.1. The smallest absolute Gasteiger partial charge is 0.340 e.